The fraction of sp³-hybridized carbons (Fsp3) is 0.423. The zero-order chi connectivity index (χ0) is 31.8. The van der Waals surface area contributed by atoms with E-state index < -0.39 is 28.5 Å². The van der Waals surface area contributed by atoms with Crippen LogP contribution >= 0.6 is 42.3 Å². The number of aryl methyl sites for hydroxylation is 3. The number of phenols is 1. The van der Waals surface area contributed by atoms with E-state index in [2.05, 4.69) is 25.3 Å². The quantitative estimate of drug-likeness (QED) is 0.136. The van der Waals surface area contributed by atoms with Crippen molar-refractivity contribution in [3.63, 3.8) is 0 Å². The fourth-order valence-corrected chi connectivity index (χ4v) is 5.30. The third-order valence-electron chi connectivity index (χ3n) is 6.07. The molecule has 0 fully saturated rings. The van der Waals surface area contributed by atoms with Crippen LogP contribution < -0.4 is 16.6 Å². The molecule has 3 aromatic heterocycles. The molecule has 0 spiro atoms. The largest absolute Gasteiger partial charge is 0.508 e. The van der Waals surface area contributed by atoms with Gasteiger partial charge in [0.1, 0.15) is 26.9 Å². The van der Waals surface area contributed by atoms with Gasteiger partial charge in [-0.25, -0.2) is 13.8 Å². The number of rotatable bonds is 8. The summed E-state index contributed by atoms with van der Waals surface area (Å²) >= 11 is 3.01. The molecule has 0 saturated heterocycles. The van der Waals surface area contributed by atoms with Crippen molar-refractivity contribution in [3.05, 3.63) is 68.4 Å². The number of phenolic OH excluding ortho intramolecular Hbond substituents is 1. The summed E-state index contributed by atoms with van der Waals surface area (Å²) in [6, 6.07) is 3.40. The third kappa shape index (κ3) is 7.77. The number of aromatic nitrogens is 5. The maximum absolute atomic E-state index is 13.8. The number of aliphatic hydroxyl groups excluding tert-OH is 2. The molecule has 230 valence electrons. The minimum absolute atomic E-state index is 0.0282. The first-order valence-electron chi connectivity index (χ1n) is 12.7. The van der Waals surface area contributed by atoms with Crippen LogP contribution in [0.4, 0.5) is 4.39 Å². The maximum atomic E-state index is 13.8. The monoisotopic (exact) mass is 736 g/mol. The smallest absolute Gasteiger partial charge is 0.333 e. The highest BCUT2D eigenvalue weighted by molar-refractivity contribution is 14.2. The molecule has 0 atom stereocenters. The van der Waals surface area contributed by atoms with Crippen molar-refractivity contribution in [2.24, 2.45) is 0 Å². The van der Waals surface area contributed by atoms with Crippen molar-refractivity contribution >= 4 is 58.5 Å². The molecule has 42 heavy (non-hydrogen) atoms. The van der Waals surface area contributed by atoms with Gasteiger partial charge in [-0.1, -0.05) is 11.3 Å². The summed E-state index contributed by atoms with van der Waals surface area (Å²) in [5, 5.41) is 37.3. The van der Waals surface area contributed by atoms with Crippen LogP contribution in [0.5, 0.6) is 5.75 Å². The van der Waals surface area contributed by atoms with Crippen molar-refractivity contribution in [1.82, 2.24) is 29.4 Å². The minimum atomic E-state index is -1.51. The highest BCUT2D eigenvalue weighted by Gasteiger charge is 2.35. The molecular weight excluding hydrogens is 702 g/mol. The molecule has 0 radical (unpaired) electrons. The summed E-state index contributed by atoms with van der Waals surface area (Å²) in [6.07, 6.45) is 3.12. The van der Waals surface area contributed by atoms with Gasteiger partial charge in [0.25, 0.3) is 5.56 Å². The number of halogens is 2. The summed E-state index contributed by atoms with van der Waals surface area (Å²) in [6.45, 7) is 8.11. The van der Waals surface area contributed by atoms with E-state index in [0.29, 0.717) is 21.0 Å². The number of benzene rings is 1. The number of fused-ring (bicyclic) bond motifs is 1. The summed E-state index contributed by atoms with van der Waals surface area (Å²) in [5.41, 5.74) is -1.92. The SMILES string of the molecule is Cc1c(-n2nccn2)sc2c1c(=O)n(C(C)(C)C(=O)NC(C)C)c(=O)n2CCc1cc(F)ccc1O.OCCO.SI. The van der Waals surface area contributed by atoms with Gasteiger partial charge in [0.15, 0.2) is 0 Å². The van der Waals surface area contributed by atoms with Gasteiger partial charge < -0.3 is 20.6 Å². The van der Waals surface area contributed by atoms with Gasteiger partial charge in [0.2, 0.25) is 5.91 Å². The van der Waals surface area contributed by atoms with Gasteiger partial charge in [0, 0.05) is 18.2 Å². The van der Waals surface area contributed by atoms with Crippen molar-refractivity contribution in [1.29, 1.82) is 0 Å². The molecule has 1 amide bonds. The molecule has 0 aliphatic heterocycles. The Morgan fingerprint density at radius 3 is 2.31 bits per heavy atom. The highest BCUT2D eigenvalue weighted by Crippen LogP contribution is 2.31. The number of aliphatic hydroxyl groups is 2. The topological polar surface area (TPSA) is 164 Å². The number of carbonyl (C=O) groups is 1. The number of amides is 1. The zero-order valence-electron chi connectivity index (χ0n) is 23.7. The molecule has 12 nitrogen and oxygen atoms in total. The van der Waals surface area contributed by atoms with Crippen molar-refractivity contribution in [2.75, 3.05) is 13.2 Å². The normalized spacial score (nSPS) is 11.1. The van der Waals surface area contributed by atoms with Gasteiger partial charge in [-0.05, 0) is 86.0 Å². The Labute approximate surface area is 262 Å². The molecule has 4 aromatic rings. The number of nitrogens with one attached hydrogen (secondary N) is 1. The van der Waals surface area contributed by atoms with Gasteiger partial charge in [-0.2, -0.15) is 10.2 Å². The average Bonchev–Trinajstić information content (AvgIpc) is 3.59. The maximum Gasteiger partial charge on any atom is 0.333 e. The number of thiophene rings is 1. The molecule has 16 heteroatoms. The lowest BCUT2D eigenvalue weighted by Crippen LogP contribution is -2.56. The van der Waals surface area contributed by atoms with Gasteiger partial charge in [-0.15, -0.1) is 14.6 Å². The zero-order valence-corrected chi connectivity index (χ0v) is 27.6. The van der Waals surface area contributed by atoms with E-state index in [9.17, 15) is 23.9 Å². The molecule has 0 aliphatic carbocycles. The molecule has 0 aliphatic rings. The number of thiol groups is 1. The van der Waals surface area contributed by atoms with Crippen LogP contribution in [0.1, 0.15) is 38.8 Å². The summed E-state index contributed by atoms with van der Waals surface area (Å²) in [4.78, 5) is 42.3. The lowest BCUT2D eigenvalue weighted by molar-refractivity contribution is -0.129. The molecule has 0 bridgehead atoms. The van der Waals surface area contributed by atoms with Gasteiger partial charge >= 0.3 is 5.69 Å². The minimum Gasteiger partial charge on any atom is -0.508 e. The Kier molecular flexibility index (Phi) is 13.2. The van der Waals surface area contributed by atoms with Gasteiger partial charge in [-0.3, -0.25) is 14.2 Å². The van der Waals surface area contributed by atoms with E-state index in [1.807, 2.05) is 21.2 Å². The predicted molar refractivity (Wildman–Crippen MR) is 172 cm³/mol. The number of nitrogens with zero attached hydrogens (tertiary/aromatic N) is 5. The Balaban J connectivity index is 0.000000947. The summed E-state index contributed by atoms with van der Waals surface area (Å²) in [7, 11) is 3.50. The third-order valence-corrected chi connectivity index (χ3v) is 7.35. The van der Waals surface area contributed by atoms with Crippen LogP contribution in [0.3, 0.4) is 0 Å². The number of hydrogen-bond donors (Lipinski definition) is 5. The average molecular weight is 737 g/mol. The lowest BCUT2D eigenvalue weighted by Gasteiger charge is -2.27. The van der Waals surface area contributed by atoms with Crippen LogP contribution in [0.2, 0.25) is 0 Å². The van der Waals surface area contributed by atoms with E-state index >= 15 is 0 Å². The van der Waals surface area contributed by atoms with E-state index in [1.165, 1.54) is 59.1 Å². The van der Waals surface area contributed by atoms with E-state index in [4.69, 9.17) is 10.2 Å². The highest BCUT2D eigenvalue weighted by atomic mass is 127. The first-order chi connectivity index (χ1) is 19.8. The van der Waals surface area contributed by atoms with Crippen LogP contribution in [-0.4, -0.2) is 64.6 Å². The molecule has 1 aromatic carbocycles. The fourth-order valence-electron chi connectivity index (χ4n) is 4.06. The first kappa shape index (κ1) is 35.4. The van der Waals surface area contributed by atoms with Crippen LogP contribution in [0.25, 0.3) is 15.2 Å². The number of carbonyl (C=O) groups excluding carboxylic acids is 1. The van der Waals surface area contributed by atoms with Crippen molar-refractivity contribution in [2.45, 2.75) is 59.2 Å². The summed E-state index contributed by atoms with van der Waals surface area (Å²) in [5.74, 6) is -1.10. The van der Waals surface area contributed by atoms with Gasteiger partial charge in [0.05, 0.1) is 31.0 Å². The Morgan fingerprint density at radius 1 is 1.17 bits per heavy atom. The molecule has 0 saturated carbocycles. The van der Waals surface area contributed by atoms with E-state index in [1.54, 1.807) is 20.8 Å². The number of hydrogen-bond acceptors (Lipinski definition) is 10. The van der Waals surface area contributed by atoms with E-state index in [0.717, 1.165) is 10.6 Å². The number of aromatic hydroxyl groups is 1. The summed E-state index contributed by atoms with van der Waals surface area (Å²) < 4.78 is 16.1. The second-order valence-corrected chi connectivity index (χ2v) is 10.7. The first-order valence-corrected chi connectivity index (χ1v) is 16.7. The second-order valence-electron chi connectivity index (χ2n) is 9.76. The van der Waals surface area contributed by atoms with Crippen molar-refractivity contribution < 1.29 is 24.5 Å². The van der Waals surface area contributed by atoms with Crippen LogP contribution in [0.15, 0.2) is 40.2 Å². The lowest BCUT2D eigenvalue weighted by atomic mass is 10.0. The van der Waals surface area contributed by atoms with Crippen molar-refractivity contribution in [3.8, 4) is 10.8 Å². The molecule has 4 N–H and O–H groups in total. The molecule has 4 rings (SSSR count). The Bertz CT molecular complexity index is 1620. The Morgan fingerprint density at radius 2 is 1.76 bits per heavy atom. The Hall–Kier alpha value is -2.80. The second kappa shape index (κ2) is 15.6. The molecule has 3 heterocycles. The molecular formula is C26H34FIN6O6S2. The van der Waals surface area contributed by atoms with Crippen LogP contribution in [0, 0.1) is 12.7 Å². The predicted octanol–water partition coefficient (Wildman–Crippen LogP) is 2.70. The van der Waals surface area contributed by atoms with Crippen LogP contribution in [-0.2, 0) is 23.3 Å². The standard InChI is InChI=1S/C24H27FN6O4S.C2H6O2.HIS/c1-13(2)28-22(34)24(4,5)30-19(33)18-14(3)20(31-26-9-10-27-31)36-21(18)29(23(30)35)11-8-15-12-16(25)6-7-17(15)32;3-1-2-4;1-2/h6-7,9-10,12-13,32H,8,11H2,1-5H3,(H,28,34);3-4H,1-2H2;2H. The van der Waals surface area contributed by atoms with E-state index in [-0.39, 0.29) is 43.4 Å². The molecule has 0 unspecified atom stereocenters.